The van der Waals surface area contributed by atoms with Crippen molar-refractivity contribution >= 4 is 11.7 Å². The number of aryl methyl sites for hydroxylation is 2. The number of rotatable bonds is 2. The molecule has 0 aromatic heterocycles. The van der Waals surface area contributed by atoms with Crippen LogP contribution in [0.2, 0.25) is 0 Å². The van der Waals surface area contributed by atoms with Gasteiger partial charge in [-0.25, -0.2) is 10.3 Å². The Balaban J connectivity index is 0.000000325. The molecule has 4 nitrogen and oxygen atoms in total. The first-order chi connectivity index (χ1) is 8.03. The van der Waals surface area contributed by atoms with E-state index in [-0.39, 0.29) is 5.97 Å². The smallest absolute Gasteiger partial charge is 0.330 e. The first-order valence-corrected chi connectivity index (χ1v) is 5.20. The van der Waals surface area contributed by atoms with E-state index in [9.17, 15) is 4.79 Å². The van der Waals surface area contributed by atoms with E-state index in [1.807, 2.05) is 26.0 Å². The molecule has 0 saturated heterocycles. The summed E-state index contributed by atoms with van der Waals surface area (Å²) in [7, 11) is 1.35. The summed E-state index contributed by atoms with van der Waals surface area (Å²) in [4.78, 5) is 10.1. The van der Waals surface area contributed by atoms with Gasteiger partial charge >= 0.3 is 5.97 Å². The van der Waals surface area contributed by atoms with Crippen LogP contribution in [0.25, 0.3) is 0 Å². The Morgan fingerprint density at radius 3 is 2.12 bits per heavy atom. The molecular weight excluding hydrogens is 216 g/mol. The summed E-state index contributed by atoms with van der Waals surface area (Å²) < 4.78 is 4.26. The number of nitrogens with one attached hydrogen (secondary N) is 1. The standard InChI is InChI=1S/C8H10N2.C5H8O2/c1-6-3-7(2)5-8(4-6)10-9;1-3-4-5(6)7-2/h3-5,9H,1-2H3;3-4H,1-2H3/b;4-3+. The maximum absolute atomic E-state index is 10.1. The van der Waals surface area contributed by atoms with Crippen molar-refractivity contribution in [3.8, 4) is 0 Å². The van der Waals surface area contributed by atoms with Gasteiger partial charge in [-0.2, -0.15) is 5.11 Å². The number of methoxy groups -OCH3 is 1. The van der Waals surface area contributed by atoms with Crippen LogP contribution >= 0.6 is 0 Å². The highest BCUT2D eigenvalue weighted by Crippen LogP contribution is 2.15. The number of carbonyl (C=O) groups excluding carboxylic acids is 1. The Morgan fingerprint density at radius 2 is 1.82 bits per heavy atom. The number of allylic oxidation sites excluding steroid dienone is 1. The number of benzene rings is 1. The fourth-order valence-corrected chi connectivity index (χ4v) is 1.22. The van der Waals surface area contributed by atoms with Crippen LogP contribution in [0, 0.1) is 19.4 Å². The minimum Gasteiger partial charge on any atom is -0.466 e. The Bertz CT molecular complexity index is 392. The molecule has 0 aliphatic rings. The molecule has 1 aromatic rings. The summed E-state index contributed by atoms with van der Waals surface area (Å²) in [6, 6.07) is 5.84. The summed E-state index contributed by atoms with van der Waals surface area (Å²) in [5.74, 6) is -0.303. The molecular formula is C13H18N2O2. The van der Waals surface area contributed by atoms with Gasteiger partial charge in [0.15, 0.2) is 0 Å². The number of hydrogen-bond donors (Lipinski definition) is 1. The van der Waals surface area contributed by atoms with Gasteiger partial charge in [-0.15, -0.1) is 0 Å². The molecule has 0 heterocycles. The van der Waals surface area contributed by atoms with Gasteiger partial charge in [0.2, 0.25) is 0 Å². The van der Waals surface area contributed by atoms with E-state index < -0.39 is 0 Å². The van der Waals surface area contributed by atoms with Gasteiger partial charge in [0, 0.05) is 6.08 Å². The second kappa shape index (κ2) is 8.21. The van der Waals surface area contributed by atoms with E-state index in [1.54, 1.807) is 13.0 Å². The SMILES string of the molecule is C/C=C/C(=O)OC.Cc1cc(C)cc(N=N)c1. The molecule has 0 radical (unpaired) electrons. The van der Waals surface area contributed by atoms with Crippen molar-refractivity contribution in [3.63, 3.8) is 0 Å². The predicted octanol–water partition coefficient (Wildman–Crippen LogP) is 3.70. The van der Waals surface area contributed by atoms with Gasteiger partial charge in [0.1, 0.15) is 0 Å². The fourth-order valence-electron chi connectivity index (χ4n) is 1.22. The van der Waals surface area contributed by atoms with E-state index in [0.29, 0.717) is 0 Å². The zero-order valence-corrected chi connectivity index (χ0v) is 10.7. The lowest BCUT2D eigenvalue weighted by Gasteiger charge is -1.96. The average Bonchev–Trinajstić information content (AvgIpc) is 2.28. The molecule has 0 atom stereocenters. The molecule has 17 heavy (non-hydrogen) atoms. The highest BCUT2D eigenvalue weighted by molar-refractivity contribution is 5.81. The van der Waals surface area contributed by atoms with Gasteiger partial charge in [-0.3, -0.25) is 0 Å². The van der Waals surface area contributed by atoms with Crippen LogP contribution in [0.15, 0.2) is 35.5 Å². The van der Waals surface area contributed by atoms with Crippen LogP contribution in [-0.2, 0) is 9.53 Å². The number of nitrogens with zero attached hydrogens (tertiary/aromatic N) is 1. The van der Waals surface area contributed by atoms with E-state index in [4.69, 9.17) is 5.53 Å². The normalized spacial score (nSPS) is 9.41. The number of hydrogen-bond acceptors (Lipinski definition) is 4. The third-order valence-electron chi connectivity index (χ3n) is 1.84. The maximum Gasteiger partial charge on any atom is 0.330 e. The third kappa shape index (κ3) is 7.00. The molecule has 1 rings (SSSR count). The maximum atomic E-state index is 10.1. The van der Waals surface area contributed by atoms with E-state index in [0.717, 1.165) is 16.8 Å². The van der Waals surface area contributed by atoms with Crippen molar-refractivity contribution < 1.29 is 9.53 Å². The van der Waals surface area contributed by atoms with Crippen LogP contribution in [0.1, 0.15) is 18.1 Å². The fraction of sp³-hybridized carbons (Fsp3) is 0.308. The number of carbonyl (C=O) groups is 1. The van der Waals surface area contributed by atoms with Gasteiger partial charge < -0.3 is 4.74 Å². The van der Waals surface area contributed by atoms with Crippen molar-refractivity contribution in [1.82, 2.24) is 0 Å². The van der Waals surface area contributed by atoms with E-state index in [1.165, 1.54) is 13.2 Å². The molecule has 0 bridgehead atoms. The highest BCUT2D eigenvalue weighted by Gasteiger charge is 1.91. The molecule has 0 spiro atoms. The number of esters is 1. The Kier molecular flexibility index (Phi) is 7.26. The zero-order valence-electron chi connectivity index (χ0n) is 10.7. The molecule has 0 fully saturated rings. The number of ether oxygens (including phenoxy) is 1. The van der Waals surface area contributed by atoms with Crippen molar-refractivity contribution in [2.24, 2.45) is 5.11 Å². The summed E-state index contributed by atoms with van der Waals surface area (Å²) >= 11 is 0. The van der Waals surface area contributed by atoms with Crippen LogP contribution < -0.4 is 0 Å². The zero-order chi connectivity index (χ0) is 13.3. The Labute approximate surface area is 102 Å². The molecule has 0 aliphatic heterocycles. The molecule has 92 valence electrons. The van der Waals surface area contributed by atoms with Crippen molar-refractivity contribution in [2.75, 3.05) is 7.11 Å². The van der Waals surface area contributed by atoms with Crippen LogP contribution in [0.4, 0.5) is 5.69 Å². The second-order valence-electron chi connectivity index (χ2n) is 3.48. The van der Waals surface area contributed by atoms with Crippen LogP contribution in [0.3, 0.4) is 0 Å². The average molecular weight is 234 g/mol. The molecule has 0 unspecified atom stereocenters. The third-order valence-corrected chi connectivity index (χ3v) is 1.84. The summed E-state index contributed by atoms with van der Waals surface area (Å²) in [6.07, 6.45) is 2.99. The first-order valence-electron chi connectivity index (χ1n) is 5.20. The lowest BCUT2D eigenvalue weighted by molar-refractivity contribution is -0.134. The van der Waals surface area contributed by atoms with Gasteiger partial charge in [-0.05, 0) is 44.0 Å². The first kappa shape index (κ1) is 15.0. The summed E-state index contributed by atoms with van der Waals surface area (Å²) in [5.41, 5.74) is 9.81. The molecule has 0 aliphatic carbocycles. The van der Waals surface area contributed by atoms with Crippen LogP contribution in [-0.4, -0.2) is 13.1 Å². The van der Waals surface area contributed by atoms with Crippen molar-refractivity contribution in [3.05, 3.63) is 41.5 Å². The molecule has 1 aromatic carbocycles. The quantitative estimate of drug-likeness (QED) is 0.481. The minimum atomic E-state index is -0.303. The lowest BCUT2D eigenvalue weighted by Crippen LogP contribution is -1.92. The minimum absolute atomic E-state index is 0.303. The summed E-state index contributed by atoms with van der Waals surface area (Å²) in [6.45, 7) is 5.76. The van der Waals surface area contributed by atoms with Gasteiger partial charge in [0.25, 0.3) is 0 Å². The Hall–Kier alpha value is -1.97. The predicted molar refractivity (Wildman–Crippen MR) is 67.6 cm³/mol. The molecule has 4 heteroatoms. The van der Waals surface area contributed by atoms with Gasteiger partial charge in [-0.1, -0.05) is 12.1 Å². The monoisotopic (exact) mass is 234 g/mol. The van der Waals surface area contributed by atoms with Crippen molar-refractivity contribution in [1.29, 1.82) is 5.53 Å². The van der Waals surface area contributed by atoms with Gasteiger partial charge in [0.05, 0.1) is 12.8 Å². The summed E-state index contributed by atoms with van der Waals surface area (Å²) in [5, 5.41) is 3.34. The van der Waals surface area contributed by atoms with E-state index in [2.05, 4.69) is 15.9 Å². The topological polar surface area (TPSA) is 62.5 Å². The van der Waals surface area contributed by atoms with E-state index >= 15 is 0 Å². The lowest BCUT2D eigenvalue weighted by atomic mass is 10.1. The molecule has 0 amide bonds. The Morgan fingerprint density at radius 1 is 1.29 bits per heavy atom. The molecule has 0 saturated carbocycles. The largest absolute Gasteiger partial charge is 0.466 e. The second-order valence-corrected chi connectivity index (χ2v) is 3.48. The highest BCUT2D eigenvalue weighted by atomic mass is 16.5. The van der Waals surface area contributed by atoms with Crippen molar-refractivity contribution in [2.45, 2.75) is 20.8 Å². The van der Waals surface area contributed by atoms with Crippen LogP contribution in [0.5, 0.6) is 0 Å². The molecule has 1 N–H and O–H groups in total.